The minimum absolute atomic E-state index is 0.0362. The average molecular weight is 329 g/mol. The first-order valence-electron chi connectivity index (χ1n) is 6.31. The Kier molecular flexibility index (Phi) is 6.31. The van der Waals surface area contributed by atoms with E-state index in [1.807, 2.05) is 24.1 Å². The number of phenols is 1. The quantitative estimate of drug-likeness (QED) is 0.842. The van der Waals surface area contributed by atoms with Gasteiger partial charge in [0.25, 0.3) is 0 Å². The summed E-state index contributed by atoms with van der Waals surface area (Å²) in [6, 6.07) is 5.35. The van der Waals surface area contributed by atoms with Crippen molar-refractivity contribution in [2.75, 3.05) is 20.1 Å². The zero-order valence-electron chi connectivity index (χ0n) is 11.6. The fraction of sp³-hybridized carbons (Fsp3) is 0.500. The molecule has 1 aromatic rings. The number of halogens is 1. The highest BCUT2D eigenvalue weighted by atomic mass is 79.9. The predicted octanol–water partition coefficient (Wildman–Crippen LogP) is 2.36. The number of carbonyl (C=O) groups is 1. The highest BCUT2D eigenvalue weighted by Crippen LogP contribution is 2.24. The molecule has 0 radical (unpaired) electrons. The second kappa shape index (κ2) is 7.50. The van der Waals surface area contributed by atoms with Gasteiger partial charge in [0.15, 0.2) is 0 Å². The lowest BCUT2D eigenvalue weighted by Gasteiger charge is -2.17. The van der Waals surface area contributed by atoms with Gasteiger partial charge < -0.3 is 10.4 Å². The van der Waals surface area contributed by atoms with Crippen molar-refractivity contribution in [1.82, 2.24) is 10.2 Å². The molecule has 0 aromatic heterocycles. The first kappa shape index (κ1) is 16.0. The molecule has 5 heteroatoms. The lowest BCUT2D eigenvalue weighted by molar-refractivity contribution is -0.122. The van der Waals surface area contributed by atoms with E-state index in [0.717, 1.165) is 5.56 Å². The number of phenolic OH excluding ortho intramolecular Hbond substituents is 1. The molecule has 2 N–H and O–H groups in total. The fourth-order valence-electron chi connectivity index (χ4n) is 1.64. The molecule has 0 saturated carbocycles. The Hall–Kier alpha value is -1.07. The summed E-state index contributed by atoms with van der Waals surface area (Å²) in [7, 11) is 1.90. The summed E-state index contributed by atoms with van der Waals surface area (Å²) in [5, 5.41) is 12.3. The zero-order valence-corrected chi connectivity index (χ0v) is 13.2. The van der Waals surface area contributed by atoms with Crippen LogP contribution in [0, 0.1) is 5.92 Å². The highest BCUT2D eigenvalue weighted by Gasteiger charge is 2.08. The van der Waals surface area contributed by atoms with E-state index in [1.165, 1.54) is 0 Å². The van der Waals surface area contributed by atoms with Gasteiger partial charge in [-0.3, -0.25) is 9.69 Å². The third-order valence-electron chi connectivity index (χ3n) is 2.59. The summed E-state index contributed by atoms with van der Waals surface area (Å²) in [6.07, 6.45) is 0. The van der Waals surface area contributed by atoms with Gasteiger partial charge in [-0.1, -0.05) is 19.9 Å². The molecule has 4 nitrogen and oxygen atoms in total. The number of hydrogen-bond acceptors (Lipinski definition) is 3. The Morgan fingerprint density at radius 1 is 1.47 bits per heavy atom. The molecule has 0 aliphatic rings. The van der Waals surface area contributed by atoms with E-state index in [4.69, 9.17) is 0 Å². The molecule has 0 aliphatic heterocycles. The molecular weight excluding hydrogens is 308 g/mol. The summed E-state index contributed by atoms with van der Waals surface area (Å²) in [6.45, 7) is 5.87. The van der Waals surface area contributed by atoms with E-state index >= 15 is 0 Å². The molecular formula is C14H21BrN2O2. The predicted molar refractivity (Wildman–Crippen MR) is 80.0 cm³/mol. The lowest BCUT2D eigenvalue weighted by atomic mass is 10.2. The largest absolute Gasteiger partial charge is 0.507 e. The molecule has 1 amide bonds. The van der Waals surface area contributed by atoms with Crippen LogP contribution in [0.15, 0.2) is 22.7 Å². The van der Waals surface area contributed by atoms with E-state index in [-0.39, 0.29) is 11.7 Å². The molecule has 0 fully saturated rings. The van der Waals surface area contributed by atoms with Crippen LogP contribution in [0.5, 0.6) is 5.75 Å². The van der Waals surface area contributed by atoms with E-state index in [9.17, 15) is 9.90 Å². The van der Waals surface area contributed by atoms with Crippen molar-refractivity contribution in [3.05, 3.63) is 28.2 Å². The van der Waals surface area contributed by atoms with Gasteiger partial charge in [0.2, 0.25) is 5.91 Å². The maximum absolute atomic E-state index is 11.7. The van der Waals surface area contributed by atoms with Crippen LogP contribution in [0.3, 0.4) is 0 Å². The minimum Gasteiger partial charge on any atom is -0.507 e. The van der Waals surface area contributed by atoms with Crippen molar-refractivity contribution in [2.45, 2.75) is 20.4 Å². The third-order valence-corrected chi connectivity index (χ3v) is 3.22. The number of likely N-dealkylation sites (N-methyl/N-ethyl adjacent to an activating group) is 1. The van der Waals surface area contributed by atoms with Crippen LogP contribution < -0.4 is 5.32 Å². The molecule has 0 spiro atoms. The molecule has 0 unspecified atom stereocenters. The number of rotatable bonds is 6. The van der Waals surface area contributed by atoms with Crippen LogP contribution in [-0.4, -0.2) is 36.1 Å². The molecule has 1 rings (SSSR count). The van der Waals surface area contributed by atoms with Crippen LogP contribution >= 0.6 is 15.9 Å². The Morgan fingerprint density at radius 2 is 2.16 bits per heavy atom. The van der Waals surface area contributed by atoms with Crippen LogP contribution in [0.25, 0.3) is 0 Å². The molecule has 0 bridgehead atoms. The van der Waals surface area contributed by atoms with Crippen molar-refractivity contribution in [3.8, 4) is 5.75 Å². The second-order valence-electron chi connectivity index (χ2n) is 5.16. The summed E-state index contributed by atoms with van der Waals surface area (Å²) in [4.78, 5) is 13.6. The van der Waals surface area contributed by atoms with Gasteiger partial charge in [-0.2, -0.15) is 0 Å². The van der Waals surface area contributed by atoms with Crippen LogP contribution in [0.4, 0.5) is 0 Å². The average Bonchev–Trinajstić information content (AvgIpc) is 2.31. The molecule has 0 atom stereocenters. The van der Waals surface area contributed by atoms with Crippen LogP contribution in [-0.2, 0) is 11.3 Å². The van der Waals surface area contributed by atoms with Gasteiger partial charge in [0, 0.05) is 13.1 Å². The smallest absolute Gasteiger partial charge is 0.234 e. The number of carbonyl (C=O) groups excluding carboxylic acids is 1. The van der Waals surface area contributed by atoms with E-state index in [0.29, 0.717) is 30.0 Å². The van der Waals surface area contributed by atoms with Crippen molar-refractivity contribution in [1.29, 1.82) is 0 Å². The topological polar surface area (TPSA) is 52.6 Å². The molecule has 0 saturated heterocycles. The molecule has 106 valence electrons. The summed E-state index contributed by atoms with van der Waals surface area (Å²) in [5.74, 6) is 0.720. The lowest BCUT2D eigenvalue weighted by Crippen LogP contribution is -2.36. The van der Waals surface area contributed by atoms with Crippen LogP contribution in [0.1, 0.15) is 19.4 Å². The zero-order chi connectivity index (χ0) is 14.4. The number of nitrogens with one attached hydrogen (secondary N) is 1. The number of benzene rings is 1. The highest BCUT2D eigenvalue weighted by molar-refractivity contribution is 9.10. The molecule has 0 heterocycles. The maximum Gasteiger partial charge on any atom is 0.234 e. The Balaban J connectivity index is 2.44. The van der Waals surface area contributed by atoms with Gasteiger partial charge in [0.1, 0.15) is 5.75 Å². The van der Waals surface area contributed by atoms with Gasteiger partial charge >= 0.3 is 0 Å². The van der Waals surface area contributed by atoms with Gasteiger partial charge in [0.05, 0.1) is 11.0 Å². The SMILES string of the molecule is CC(C)CNC(=O)CN(C)Cc1ccc(O)c(Br)c1. The first-order chi connectivity index (χ1) is 8.88. The monoisotopic (exact) mass is 328 g/mol. The van der Waals surface area contributed by atoms with Crippen molar-refractivity contribution >= 4 is 21.8 Å². The Morgan fingerprint density at radius 3 is 2.74 bits per heavy atom. The van der Waals surface area contributed by atoms with Gasteiger partial charge in [-0.25, -0.2) is 0 Å². The number of aromatic hydroxyl groups is 1. The van der Waals surface area contributed by atoms with Crippen molar-refractivity contribution in [2.24, 2.45) is 5.92 Å². The van der Waals surface area contributed by atoms with Crippen LogP contribution in [0.2, 0.25) is 0 Å². The van der Waals surface area contributed by atoms with E-state index in [2.05, 4.69) is 35.1 Å². The fourth-order valence-corrected chi connectivity index (χ4v) is 2.06. The summed E-state index contributed by atoms with van der Waals surface area (Å²) < 4.78 is 0.669. The van der Waals surface area contributed by atoms with Gasteiger partial charge in [-0.05, 0) is 46.6 Å². The van der Waals surface area contributed by atoms with E-state index in [1.54, 1.807) is 6.07 Å². The van der Waals surface area contributed by atoms with Crippen molar-refractivity contribution < 1.29 is 9.90 Å². The minimum atomic E-state index is 0.0362. The normalized spacial score (nSPS) is 11.1. The molecule has 0 aliphatic carbocycles. The maximum atomic E-state index is 11.7. The number of nitrogens with zero attached hydrogens (tertiary/aromatic N) is 1. The van der Waals surface area contributed by atoms with Crippen molar-refractivity contribution in [3.63, 3.8) is 0 Å². The third kappa shape index (κ3) is 6.07. The summed E-state index contributed by atoms with van der Waals surface area (Å²) >= 11 is 3.28. The Labute approximate surface area is 122 Å². The summed E-state index contributed by atoms with van der Waals surface area (Å²) in [5.41, 5.74) is 1.05. The number of amides is 1. The Bertz CT molecular complexity index is 435. The number of hydrogen-bond donors (Lipinski definition) is 2. The molecule has 1 aromatic carbocycles. The second-order valence-corrected chi connectivity index (χ2v) is 6.01. The first-order valence-corrected chi connectivity index (χ1v) is 7.10. The van der Waals surface area contributed by atoms with Gasteiger partial charge in [-0.15, -0.1) is 0 Å². The van der Waals surface area contributed by atoms with E-state index < -0.39 is 0 Å². The molecule has 19 heavy (non-hydrogen) atoms. The standard InChI is InChI=1S/C14H21BrN2O2/c1-10(2)7-16-14(19)9-17(3)8-11-4-5-13(18)12(15)6-11/h4-6,10,18H,7-9H2,1-3H3,(H,16,19).